The first-order valence-corrected chi connectivity index (χ1v) is 9.03. The van der Waals surface area contributed by atoms with Gasteiger partial charge in [0.05, 0.1) is 19.9 Å². The summed E-state index contributed by atoms with van der Waals surface area (Å²) < 4.78 is 10.4. The van der Waals surface area contributed by atoms with Crippen molar-refractivity contribution in [2.24, 2.45) is 0 Å². The lowest BCUT2D eigenvalue weighted by Crippen LogP contribution is -2.19. The Labute approximate surface area is 173 Å². The molecule has 0 atom stereocenters. The van der Waals surface area contributed by atoms with Crippen LogP contribution < -0.4 is 25.4 Å². The van der Waals surface area contributed by atoms with Gasteiger partial charge >= 0.3 is 6.03 Å². The number of anilines is 4. The van der Waals surface area contributed by atoms with Crippen LogP contribution in [0.4, 0.5) is 27.7 Å². The molecule has 8 nitrogen and oxygen atoms in total. The first-order chi connectivity index (χ1) is 14.0. The molecule has 0 fully saturated rings. The smallest absolute Gasteiger partial charge is 0.323 e. The third kappa shape index (κ3) is 5.49. The van der Waals surface area contributed by atoms with Crippen LogP contribution in [0.15, 0.2) is 48.5 Å². The van der Waals surface area contributed by atoms with Crippen molar-refractivity contribution in [2.45, 2.75) is 6.92 Å². The highest BCUT2D eigenvalue weighted by Gasteiger charge is 2.09. The van der Waals surface area contributed by atoms with Crippen molar-refractivity contribution < 1.29 is 14.3 Å². The van der Waals surface area contributed by atoms with E-state index in [2.05, 4.69) is 25.9 Å². The van der Waals surface area contributed by atoms with E-state index in [1.54, 1.807) is 50.4 Å². The minimum atomic E-state index is -0.414. The number of methoxy groups -OCH3 is 2. The summed E-state index contributed by atoms with van der Waals surface area (Å²) in [6.45, 7) is 1.79. The van der Waals surface area contributed by atoms with E-state index in [4.69, 9.17) is 21.1 Å². The molecule has 0 saturated heterocycles. The van der Waals surface area contributed by atoms with Gasteiger partial charge in [-0.3, -0.25) is 0 Å². The predicted octanol–water partition coefficient (Wildman–Crippen LogP) is 4.84. The monoisotopic (exact) mass is 413 g/mol. The number of amides is 2. The van der Waals surface area contributed by atoms with Crippen molar-refractivity contribution >= 4 is 40.5 Å². The molecular formula is C20H20ClN5O3. The van der Waals surface area contributed by atoms with E-state index in [0.29, 0.717) is 39.7 Å². The Balaban J connectivity index is 1.64. The molecular weight excluding hydrogens is 394 g/mol. The van der Waals surface area contributed by atoms with E-state index < -0.39 is 6.03 Å². The number of carbonyl (C=O) groups excluding carboxylic acids is 1. The Hall–Kier alpha value is -3.52. The summed E-state index contributed by atoms with van der Waals surface area (Å²) in [7, 11) is 3.07. The number of ether oxygens (including phenoxy) is 2. The number of halogens is 1. The van der Waals surface area contributed by atoms with Crippen molar-refractivity contribution in [3.05, 3.63) is 59.4 Å². The summed E-state index contributed by atoms with van der Waals surface area (Å²) in [5.74, 6) is 2.20. The Morgan fingerprint density at radius 3 is 2.34 bits per heavy atom. The molecule has 3 aromatic rings. The lowest BCUT2D eigenvalue weighted by Gasteiger charge is -2.12. The van der Waals surface area contributed by atoms with Gasteiger partial charge < -0.3 is 25.4 Å². The average Bonchev–Trinajstić information content (AvgIpc) is 2.69. The molecule has 1 aromatic heterocycles. The number of urea groups is 1. The van der Waals surface area contributed by atoms with Crippen LogP contribution >= 0.6 is 11.6 Å². The van der Waals surface area contributed by atoms with Gasteiger partial charge in [-0.15, -0.1) is 0 Å². The van der Waals surface area contributed by atoms with Gasteiger partial charge in [0.25, 0.3) is 0 Å². The van der Waals surface area contributed by atoms with Gasteiger partial charge in [-0.25, -0.2) is 9.78 Å². The van der Waals surface area contributed by atoms with Crippen molar-refractivity contribution in [2.75, 3.05) is 30.2 Å². The molecule has 29 heavy (non-hydrogen) atoms. The van der Waals surface area contributed by atoms with E-state index in [1.165, 1.54) is 7.11 Å². The Bertz CT molecular complexity index is 1010. The fourth-order valence-corrected chi connectivity index (χ4v) is 2.73. The topological polar surface area (TPSA) is 97.4 Å². The molecule has 0 spiro atoms. The number of carbonyl (C=O) groups is 1. The van der Waals surface area contributed by atoms with Crippen LogP contribution in [0.2, 0.25) is 5.02 Å². The highest BCUT2D eigenvalue weighted by atomic mass is 35.5. The fourth-order valence-electron chi connectivity index (χ4n) is 2.56. The first kappa shape index (κ1) is 20.2. The molecule has 0 saturated carbocycles. The minimum Gasteiger partial charge on any atom is -0.495 e. The number of nitrogens with zero attached hydrogens (tertiary/aromatic N) is 2. The summed E-state index contributed by atoms with van der Waals surface area (Å²) in [5, 5.41) is 9.14. The van der Waals surface area contributed by atoms with Crippen molar-refractivity contribution in [1.82, 2.24) is 9.97 Å². The predicted molar refractivity (Wildman–Crippen MR) is 114 cm³/mol. The third-order valence-corrected chi connectivity index (χ3v) is 4.08. The summed E-state index contributed by atoms with van der Waals surface area (Å²) in [5.41, 5.74) is 1.89. The molecule has 9 heteroatoms. The summed E-state index contributed by atoms with van der Waals surface area (Å²) >= 11 is 5.98. The van der Waals surface area contributed by atoms with Crippen LogP contribution in [0, 0.1) is 6.92 Å². The normalized spacial score (nSPS) is 10.2. The molecule has 0 aliphatic rings. The van der Waals surface area contributed by atoms with E-state index in [1.807, 2.05) is 12.1 Å². The fraction of sp³-hybridized carbons (Fsp3) is 0.150. The Morgan fingerprint density at radius 2 is 1.66 bits per heavy atom. The van der Waals surface area contributed by atoms with Crippen molar-refractivity contribution in [3.63, 3.8) is 0 Å². The number of nitrogens with one attached hydrogen (secondary N) is 3. The van der Waals surface area contributed by atoms with Gasteiger partial charge in [-0.1, -0.05) is 11.6 Å². The molecule has 0 aliphatic carbocycles. The number of aryl methyl sites for hydroxylation is 1. The molecule has 1 heterocycles. The highest BCUT2D eigenvalue weighted by Crippen LogP contribution is 2.28. The van der Waals surface area contributed by atoms with Crippen LogP contribution in [0.25, 0.3) is 0 Å². The van der Waals surface area contributed by atoms with Crippen LogP contribution in [0.5, 0.6) is 11.6 Å². The zero-order valence-corrected chi connectivity index (χ0v) is 16.9. The zero-order chi connectivity index (χ0) is 20.8. The first-order valence-electron chi connectivity index (χ1n) is 8.65. The number of hydrogen-bond donors (Lipinski definition) is 3. The van der Waals surface area contributed by atoms with Crippen LogP contribution in [-0.4, -0.2) is 30.2 Å². The number of rotatable bonds is 6. The van der Waals surface area contributed by atoms with Gasteiger partial charge in [0, 0.05) is 22.5 Å². The Morgan fingerprint density at radius 1 is 0.931 bits per heavy atom. The molecule has 3 N–H and O–H groups in total. The average molecular weight is 414 g/mol. The standard InChI is InChI=1S/C20H20ClN5O3/c1-12-22-18(11-19(23-12)29-3)24-14-5-7-15(8-6-14)25-20(27)26-16-10-13(21)4-9-17(16)28-2/h4-11H,1-3H3,(H,22,23,24)(H2,25,26,27). The van der Waals surface area contributed by atoms with E-state index in [9.17, 15) is 4.79 Å². The van der Waals surface area contributed by atoms with E-state index >= 15 is 0 Å². The molecule has 0 bridgehead atoms. The molecule has 0 aliphatic heterocycles. The number of aromatic nitrogens is 2. The number of hydrogen-bond acceptors (Lipinski definition) is 6. The molecule has 0 radical (unpaired) electrons. The molecule has 2 aromatic carbocycles. The van der Waals surface area contributed by atoms with Crippen LogP contribution in [-0.2, 0) is 0 Å². The summed E-state index contributed by atoms with van der Waals surface area (Å²) in [6, 6.07) is 13.4. The maximum Gasteiger partial charge on any atom is 0.323 e. The maximum atomic E-state index is 12.3. The second-order valence-corrected chi connectivity index (χ2v) is 6.41. The highest BCUT2D eigenvalue weighted by molar-refractivity contribution is 6.31. The third-order valence-electron chi connectivity index (χ3n) is 3.85. The van der Waals surface area contributed by atoms with E-state index in [0.717, 1.165) is 5.69 Å². The van der Waals surface area contributed by atoms with Gasteiger partial charge in [0.15, 0.2) is 0 Å². The molecule has 2 amide bonds. The molecule has 0 unspecified atom stereocenters. The van der Waals surface area contributed by atoms with Gasteiger partial charge in [-0.2, -0.15) is 4.98 Å². The second kappa shape index (κ2) is 9.11. The molecule has 3 rings (SSSR count). The lowest BCUT2D eigenvalue weighted by atomic mass is 10.2. The zero-order valence-electron chi connectivity index (χ0n) is 16.1. The van der Waals surface area contributed by atoms with Gasteiger partial charge in [0.2, 0.25) is 5.88 Å². The van der Waals surface area contributed by atoms with Gasteiger partial charge in [0.1, 0.15) is 17.4 Å². The maximum absolute atomic E-state index is 12.3. The van der Waals surface area contributed by atoms with Crippen molar-refractivity contribution in [3.8, 4) is 11.6 Å². The number of benzene rings is 2. The van der Waals surface area contributed by atoms with Crippen LogP contribution in [0.3, 0.4) is 0 Å². The summed E-state index contributed by atoms with van der Waals surface area (Å²) in [6.07, 6.45) is 0. The van der Waals surface area contributed by atoms with Crippen LogP contribution in [0.1, 0.15) is 5.82 Å². The SMILES string of the molecule is COc1cc(Nc2ccc(NC(=O)Nc3cc(Cl)ccc3OC)cc2)nc(C)n1. The minimum absolute atomic E-state index is 0.414. The second-order valence-electron chi connectivity index (χ2n) is 5.97. The van der Waals surface area contributed by atoms with Gasteiger partial charge in [-0.05, 0) is 49.4 Å². The lowest BCUT2D eigenvalue weighted by molar-refractivity contribution is 0.262. The summed E-state index contributed by atoms with van der Waals surface area (Å²) in [4.78, 5) is 20.7. The molecule has 150 valence electrons. The quantitative estimate of drug-likeness (QED) is 0.534. The Kier molecular flexibility index (Phi) is 6.36. The van der Waals surface area contributed by atoms with Crippen molar-refractivity contribution in [1.29, 1.82) is 0 Å². The van der Waals surface area contributed by atoms with E-state index in [-0.39, 0.29) is 0 Å². The largest absolute Gasteiger partial charge is 0.495 e.